The number of rotatable bonds is 1. The molecule has 0 bridgehead atoms. The fraction of sp³-hybridized carbons (Fsp3) is 0.222. The van der Waals surface area contributed by atoms with Gasteiger partial charge >= 0.3 is 6.09 Å². The van der Waals surface area contributed by atoms with Crippen LogP contribution in [0.3, 0.4) is 0 Å². The molecule has 0 N–H and O–H groups in total. The van der Waals surface area contributed by atoms with Crippen LogP contribution in [0.25, 0.3) is 22.2 Å². The van der Waals surface area contributed by atoms with Crippen molar-refractivity contribution in [2.45, 2.75) is 26.4 Å². The monoisotopic (exact) mass is 294 g/mol. The number of hydrogen-bond acceptors (Lipinski definition) is 3. The SMILES string of the molecule is CC(C)(C)OC(=O)n1ccc2cc(-c3ccccc3)cnc21. The van der Waals surface area contributed by atoms with Gasteiger partial charge in [-0.3, -0.25) is 0 Å². The molecule has 0 unspecified atom stereocenters. The summed E-state index contributed by atoms with van der Waals surface area (Å²) in [5, 5.41) is 0.909. The molecule has 3 aromatic rings. The van der Waals surface area contributed by atoms with Gasteiger partial charge < -0.3 is 4.74 Å². The highest BCUT2D eigenvalue weighted by Gasteiger charge is 2.19. The minimum Gasteiger partial charge on any atom is -0.443 e. The zero-order valence-corrected chi connectivity index (χ0v) is 12.9. The topological polar surface area (TPSA) is 44.1 Å². The lowest BCUT2D eigenvalue weighted by molar-refractivity contribution is 0.0543. The molecule has 112 valence electrons. The van der Waals surface area contributed by atoms with E-state index in [2.05, 4.69) is 4.98 Å². The van der Waals surface area contributed by atoms with Gasteiger partial charge in [0.05, 0.1) is 0 Å². The molecule has 2 heterocycles. The van der Waals surface area contributed by atoms with E-state index in [9.17, 15) is 4.79 Å². The van der Waals surface area contributed by atoms with Crippen LogP contribution >= 0.6 is 0 Å². The van der Waals surface area contributed by atoms with Crippen LogP contribution in [0.2, 0.25) is 0 Å². The molecule has 22 heavy (non-hydrogen) atoms. The first kappa shape index (κ1) is 14.3. The zero-order valence-electron chi connectivity index (χ0n) is 12.9. The number of aromatic nitrogens is 2. The fourth-order valence-electron chi connectivity index (χ4n) is 2.27. The maximum atomic E-state index is 12.2. The molecule has 0 amide bonds. The van der Waals surface area contributed by atoms with E-state index in [1.807, 2.05) is 63.2 Å². The van der Waals surface area contributed by atoms with Gasteiger partial charge in [-0.15, -0.1) is 0 Å². The Kier molecular flexibility index (Phi) is 3.45. The van der Waals surface area contributed by atoms with Crippen molar-refractivity contribution >= 4 is 17.1 Å². The summed E-state index contributed by atoms with van der Waals surface area (Å²) in [4.78, 5) is 16.6. The molecular weight excluding hydrogens is 276 g/mol. The van der Waals surface area contributed by atoms with Crippen LogP contribution in [0, 0.1) is 0 Å². The predicted molar refractivity (Wildman–Crippen MR) is 86.8 cm³/mol. The predicted octanol–water partition coefficient (Wildman–Crippen LogP) is 4.49. The van der Waals surface area contributed by atoms with Gasteiger partial charge in [0.15, 0.2) is 0 Å². The molecule has 0 fully saturated rings. The van der Waals surface area contributed by atoms with Crippen molar-refractivity contribution in [3.05, 3.63) is 54.9 Å². The lowest BCUT2D eigenvalue weighted by Crippen LogP contribution is -2.26. The minimum atomic E-state index is -0.530. The number of carbonyl (C=O) groups is 1. The molecule has 0 aliphatic heterocycles. The molecule has 0 spiro atoms. The first-order valence-corrected chi connectivity index (χ1v) is 7.20. The molecular formula is C18H18N2O2. The van der Waals surface area contributed by atoms with Gasteiger partial charge in [-0.2, -0.15) is 0 Å². The minimum absolute atomic E-state index is 0.414. The van der Waals surface area contributed by atoms with Crippen molar-refractivity contribution in [2.75, 3.05) is 0 Å². The van der Waals surface area contributed by atoms with Crippen molar-refractivity contribution < 1.29 is 9.53 Å². The average molecular weight is 294 g/mol. The van der Waals surface area contributed by atoms with Gasteiger partial charge in [0.2, 0.25) is 0 Å². The molecule has 0 atom stereocenters. The van der Waals surface area contributed by atoms with Crippen LogP contribution in [-0.2, 0) is 4.74 Å². The van der Waals surface area contributed by atoms with Crippen molar-refractivity contribution in [2.24, 2.45) is 0 Å². The Morgan fingerprint density at radius 2 is 1.82 bits per heavy atom. The average Bonchev–Trinajstić information content (AvgIpc) is 2.89. The molecule has 0 saturated carbocycles. The second-order valence-corrected chi connectivity index (χ2v) is 6.17. The van der Waals surface area contributed by atoms with Crippen LogP contribution in [0.4, 0.5) is 4.79 Å². The summed E-state index contributed by atoms with van der Waals surface area (Å²) in [7, 11) is 0. The molecule has 3 rings (SSSR count). The summed E-state index contributed by atoms with van der Waals surface area (Å²) in [5.41, 5.74) is 2.20. The largest absolute Gasteiger partial charge is 0.443 e. The third-order valence-electron chi connectivity index (χ3n) is 3.22. The highest BCUT2D eigenvalue weighted by molar-refractivity contribution is 5.89. The van der Waals surface area contributed by atoms with Crippen molar-refractivity contribution in [3.63, 3.8) is 0 Å². The van der Waals surface area contributed by atoms with Crippen LogP contribution in [-0.4, -0.2) is 21.2 Å². The van der Waals surface area contributed by atoms with E-state index in [4.69, 9.17) is 4.74 Å². The summed E-state index contributed by atoms with van der Waals surface area (Å²) in [5.74, 6) is 0. The van der Waals surface area contributed by atoms with Crippen LogP contribution in [0.5, 0.6) is 0 Å². The van der Waals surface area contributed by atoms with Crippen molar-refractivity contribution in [1.82, 2.24) is 9.55 Å². The van der Waals surface area contributed by atoms with Gasteiger partial charge in [-0.1, -0.05) is 30.3 Å². The molecule has 4 heteroatoms. The second kappa shape index (κ2) is 5.30. The fourth-order valence-corrected chi connectivity index (χ4v) is 2.27. The Labute approximate surface area is 129 Å². The van der Waals surface area contributed by atoms with E-state index in [1.54, 1.807) is 12.4 Å². The Bertz CT molecular complexity index is 814. The number of benzene rings is 1. The summed E-state index contributed by atoms with van der Waals surface area (Å²) >= 11 is 0. The van der Waals surface area contributed by atoms with Crippen LogP contribution in [0.1, 0.15) is 20.8 Å². The van der Waals surface area contributed by atoms with Gasteiger partial charge in [0, 0.05) is 23.3 Å². The van der Waals surface area contributed by atoms with E-state index in [-0.39, 0.29) is 0 Å². The maximum absolute atomic E-state index is 12.2. The van der Waals surface area contributed by atoms with E-state index >= 15 is 0 Å². The number of nitrogens with zero attached hydrogens (tertiary/aromatic N) is 2. The third kappa shape index (κ3) is 2.86. The number of ether oxygens (including phenoxy) is 1. The van der Waals surface area contributed by atoms with Gasteiger partial charge in [-0.05, 0) is 38.5 Å². The molecule has 0 saturated heterocycles. The number of fused-ring (bicyclic) bond motifs is 1. The normalized spacial score (nSPS) is 11.6. The Morgan fingerprint density at radius 1 is 1.09 bits per heavy atom. The Hall–Kier alpha value is -2.62. The van der Waals surface area contributed by atoms with Gasteiger partial charge in [0.1, 0.15) is 11.2 Å². The Morgan fingerprint density at radius 3 is 2.50 bits per heavy atom. The highest BCUT2D eigenvalue weighted by Crippen LogP contribution is 2.23. The molecule has 0 radical (unpaired) electrons. The zero-order chi connectivity index (χ0) is 15.7. The summed E-state index contributed by atoms with van der Waals surface area (Å²) < 4.78 is 6.83. The first-order valence-electron chi connectivity index (χ1n) is 7.20. The summed E-state index contributed by atoms with van der Waals surface area (Å²) in [6, 6.07) is 13.9. The number of pyridine rings is 1. The summed E-state index contributed by atoms with van der Waals surface area (Å²) in [6.45, 7) is 5.53. The molecule has 4 nitrogen and oxygen atoms in total. The summed E-state index contributed by atoms with van der Waals surface area (Å²) in [6.07, 6.45) is 3.06. The van der Waals surface area contributed by atoms with Gasteiger partial charge in [-0.25, -0.2) is 14.3 Å². The molecule has 0 aliphatic rings. The van der Waals surface area contributed by atoms with Crippen LogP contribution < -0.4 is 0 Å². The quantitative estimate of drug-likeness (QED) is 0.664. The maximum Gasteiger partial charge on any atom is 0.420 e. The van der Waals surface area contributed by atoms with Crippen molar-refractivity contribution in [1.29, 1.82) is 0 Å². The number of carbonyl (C=O) groups excluding carboxylic acids is 1. The van der Waals surface area contributed by atoms with Gasteiger partial charge in [0.25, 0.3) is 0 Å². The second-order valence-electron chi connectivity index (χ2n) is 6.17. The van der Waals surface area contributed by atoms with Crippen molar-refractivity contribution in [3.8, 4) is 11.1 Å². The molecule has 1 aromatic carbocycles. The number of hydrogen-bond donors (Lipinski definition) is 0. The lowest BCUT2D eigenvalue weighted by atomic mass is 10.1. The van der Waals surface area contributed by atoms with Crippen LogP contribution in [0.15, 0.2) is 54.9 Å². The standard InChI is InChI=1S/C18H18N2O2/c1-18(2,3)22-17(21)20-10-9-14-11-15(12-19-16(14)20)13-7-5-4-6-8-13/h4-12H,1-3H3. The van der Waals surface area contributed by atoms with E-state index < -0.39 is 11.7 Å². The van der Waals surface area contributed by atoms with E-state index in [1.165, 1.54) is 4.57 Å². The first-order chi connectivity index (χ1) is 10.4. The molecule has 0 aliphatic carbocycles. The highest BCUT2D eigenvalue weighted by atomic mass is 16.6. The van der Waals surface area contributed by atoms with E-state index in [0.717, 1.165) is 16.5 Å². The van der Waals surface area contributed by atoms with E-state index in [0.29, 0.717) is 5.65 Å². The lowest BCUT2D eigenvalue weighted by Gasteiger charge is -2.19. The third-order valence-corrected chi connectivity index (χ3v) is 3.22. The molecule has 2 aromatic heterocycles. The smallest absolute Gasteiger partial charge is 0.420 e. The Balaban J connectivity index is 1.98.